The first-order valence-corrected chi connectivity index (χ1v) is 8.87. The molecule has 2 rings (SSSR count). The lowest BCUT2D eigenvalue weighted by Crippen LogP contribution is -2.36. The minimum absolute atomic E-state index is 0.0517. The van der Waals surface area contributed by atoms with Crippen LogP contribution in [-0.4, -0.2) is 44.8 Å². The number of amides is 1. The predicted octanol–water partition coefficient (Wildman–Crippen LogP) is 3.12. The average molecular weight is 357 g/mol. The molecule has 0 saturated heterocycles. The molecule has 0 bridgehead atoms. The van der Waals surface area contributed by atoms with E-state index in [0.717, 1.165) is 17.0 Å². The number of benzene rings is 1. The molecule has 0 fully saturated rings. The van der Waals surface area contributed by atoms with Gasteiger partial charge in [-0.1, -0.05) is 26.0 Å². The standard InChI is InChI=1S/C20H27N3O3/c1-14(2)12-22(9-8-19(24)25)20(26)18-7-5-6-17(11-18)13-23-16(4)10-15(3)21-23/h5-7,10-11,14H,8-9,12-13H2,1-4H3,(H,24,25). The molecule has 1 N–H and O–H groups in total. The van der Waals surface area contributed by atoms with Crippen molar-refractivity contribution >= 4 is 11.9 Å². The fourth-order valence-corrected chi connectivity index (χ4v) is 2.94. The Kier molecular flexibility index (Phi) is 6.55. The van der Waals surface area contributed by atoms with Crippen LogP contribution in [0.3, 0.4) is 0 Å². The Bertz CT molecular complexity index is 780. The number of carboxylic acid groups (broad SMARTS) is 1. The molecule has 2 aromatic rings. The summed E-state index contributed by atoms with van der Waals surface area (Å²) in [6.45, 7) is 9.34. The van der Waals surface area contributed by atoms with E-state index in [-0.39, 0.29) is 24.8 Å². The number of carbonyl (C=O) groups excluding carboxylic acids is 1. The molecule has 6 heteroatoms. The summed E-state index contributed by atoms with van der Waals surface area (Å²) in [4.78, 5) is 25.4. The topological polar surface area (TPSA) is 75.4 Å². The number of aryl methyl sites for hydroxylation is 2. The monoisotopic (exact) mass is 357 g/mol. The van der Waals surface area contributed by atoms with Gasteiger partial charge in [-0.2, -0.15) is 5.10 Å². The van der Waals surface area contributed by atoms with Crippen molar-refractivity contribution in [3.8, 4) is 0 Å². The minimum Gasteiger partial charge on any atom is -0.481 e. The van der Waals surface area contributed by atoms with E-state index >= 15 is 0 Å². The van der Waals surface area contributed by atoms with Crippen molar-refractivity contribution in [1.29, 1.82) is 0 Å². The second kappa shape index (κ2) is 8.65. The third-order valence-corrected chi connectivity index (χ3v) is 4.08. The van der Waals surface area contributed by atoms with Gasteiger partial charge in [-0.15, -0.1) is 0 Å². The summed E-state index contributed by atoms with van der Waals surface area (Å²) in [5, 5.41) is 13.4. The Hall–Kier alpha value is -2.63. The van der Waals surface area contributed by atoms with Gasteiger partial charge in [0, 0.05) is 24.3 Å². The summed E-state index contributed by atoms with van der Waals surface area (Å²) < 4.78 is 1.91. The second-order valence-electron chi connectivity index (χ2n) is 7.07. The van der Waals surface area contributed by atoms with Crippen molar-refractivity contribution in [1.82, 2.24) is 14.7 Å². The maximum Gasteiger partial charge on any atom is 0.305 e. The zero-order chi connectivity index (χ0) is 19.3. The fourth-order valence-electron chi connectivity index (χ4n) is 2.94. The van der Waals surface area contributed by atoms with Gasteiger partial charge in [0.15, 0.2) is 0 Å². The van der Waals surface area contributed by atoms with Crippen LogP contribution in [0.2, 0.25) is 0 Å². The first-order valence-electron chi connectivity index (χ1n) is 8.87. The SMILES string of the molecule is Cc1cc(C)n(Cc2cccc(C(=O)N(CCC(=O)O)CC(C)C)c2)n1. The number of carboxylic acids is 1. The molecule has 1 amide bonds. The quantitative estimate of drug-likeness (QED) is 0.787. The smallest absolute Gasteiger partial charge is 0.305 e. The van der Waals surface area contributed by atoms with Crippen molar-refractivity contribution in [3.05, 3.63) is 52.8 Å². The van der Waals surface area contributed by atoms with Crippen molar-refractivity contribution in [2.45, 2.75) is 40.7 Å². The van der Waals surface area contributed by atoms with E-state index in [9.17, 15) is 9.59 Å². The molecule has 0 aliphatic rings. The lowest BCUT2D eigenvalue weighted by atomic mass is 10.1. The number of hydrogen-bond donors (Lipinski definition) is 1. The Balaban J connectivity index is 2.18. The molecule has 1 aromatic carbocycles. The largest absolute Gasteiger partial charge is 0.481 e. The molecule has 6 nitrogen and oxygen atoms in total. The molecule has 0 unspecified atom stereocenters. The number of aromatic nitrogens is 2. The highest BCUT2D eigenvalue weighted by Gasteiger charge is 2.18. The lowest BCUT2D eigenvalue weighted by molar-refractivity contribution is -0.137. The summed E-state index contributed by atoms with van der Waals surface area (Å²) in [6, 6.07) is 9.50. The summed E-state index contributed by atoms with van der Waals surface area (Å²) in [5.74, 6) is -0.759. The van der Waals surface area contributed by atoms with Crippen LogP contribution in [-0.2, 0) is 11.3 Å². The van der Waals surface area contributed by atoms with Gasteiger partial charge in [0.25, 0.3) is 5.91 Å². The van der Waals surface area contributed by atoms with E-state index in [1.165, 1.54) is 0 Å². The Morgan fingerprint density at radius 1 is 1.23 bits per heavy atom. The maximum atomic E-state index is 12.9. The highest BCUT2D eigenvalue weighted by molar-refractivity contribution is 5.94. The highest BCUT2D eigenvalue weighted by atomic mass is 16.4. The Labute approximate surface area is 154 Å². The van der Waals surface area contributed by atoms with E-state index in [0.29, 0.717) is 18.7 Å². The summed E-state index contributed by atoms with van der Waals surface area (Å²) >= 11 is 0. The zero-order valence-corrected chi connectivity index (χ0v) is 15.9. The molecule has 26 heavy (non-hydrogen) atoms. The first kappa shape index (κ1) is 19.7. The fraction of sp³-hybridized carbons (Fsp3) is 0.450. The minimum atomic E-state index is -0.898. The molecular formula is C20H27N3O3. The number of carbonyl (C=O) groups is 2. The van der Waals surface area contributed by atoms with Gasteiger partial charge in [0.1, 0.15) is 0 Å². The van der Waals surface area contributed by atoms with Crippen molar-refractivity contribution in [3.63, 3.8) is 0 Å². The van der Waals surface area contributed by atoms with E-state index < -0.39 is 5.97 Å². The Morgan fingerprint density at radius 2 is 1.96 bits per heavy atom. The summed E-state index contributed by atoms with van der Waals surface area (Å²) in [6.07, 6.45) is -0.0517. The zero-order valence-electron chi connectivity index (χ0n) is 15.9. The maximum absolute atomic E-state index is 12.9. The summed E-state index contributed by atoms with van der Waals surface area (Å²) in [5.41, 5.74) is 3.61. The number of nitrogens with zero attached hydrogens (tertiary/aromatic N) is 3. The molecular weight excluding hydrogens is 330 g/mol. The van der Waals surface area contributed by atoms with E-state index in [4.69, 9.17) is 5.11 Å². The molecule has 1 aromatic heterocycles. The molecule has 0 saturated carbocycles. The van der Waals surface area contributed by atoms with E-state index in [2.05, 4.69) is 5.10 Å². The predicted molar refractivity (Wildman–Crippen MR) is 100 cm³/mol. The average Bonchev–Trinajstić information content (AvgIpc) is 2.88. The molecule has 1 heterocycles. The molecule has 0 aliphatic heterocycles. The molecule has 0 aliphatic carbocycles. The van der Waals surface area contributed by atoms with Crippen LogP contribution in [0.4, 0.5) is 0 Å². The third-order valence-electron chi connectivity index (χ3n) is 4.08. The van der Waals surface area contributed by atoms with Crippen LogP contribution in [0.5, 0.6) is 0 Å². The van der Waals surface area contributed by atoms with Crippen LogP contribution in [0, 0.1) is 19.8 Å². The van der Waals surface area contributed by atoms with Gasteiger partial charge >= 0.3 is 5.97 Å². The Morgan fingerprint density at radius 3 is 2.54 bits per heavy atom. The highest BCUT2D eigenvalue weighted by Crippen LogP contribution is 2.13. The van der Waals surface area contributed by atoms with Gasteiger partial charge < -0.3 is 10.0 Å². The van der Waals surface area contributed by atoms with Crippen molar-refractivity contribution in [2.75, 3.05) is 13.1 Å². The number of rotatable bonds is 8. The number of aliphatic carboxylic acids is 1. The van der Waals surface area contributed by atoms with Gasteiger partial charge in [0.2, 0.25) is 0 Å². The van der Waals surface area contributed by atoms with Gasteiger partial charge in [-0.3, -0.25) is 14.3 Å². The van der Waals surface area contributed by atoms with E-state index in [1.807, 2.05) is 56.6 Å². The molecule has 140 valence electrons. The van der Waals surface area contributed by atoms with Gasteiger partial charge in [-0.25, -0.2) is 0 Å². The van der Waals surface area contributed by atoms with Crippen molar-refractivity contribution in [2.24, 2.45) is 5.92 Å². The lowest BCUT2D eigenvalue weighted by Gasteiger charge is -2.24. The van der Waals surface area contributed by atoms with E-state index in [1.54, 1.807) is 11.0 Å². The second-order valence-corrected chi connectivity index (χ2v) is 7.07. The number of hydrogen-bond acceptors (Lipinski definition) is 3. The van der Waals surface area contributed by atoms with Crippen LogP contribution in [0.1, 0.15) is 47.6 Å². The normalized spacial score (nSPS) is 11.0. The van der Waals surface area contributed by atoms with Gasteiger partial charge in [0.05, 0.1) is 18.7 Å². The van der Waals surface area contributed by atoms with Crippen LogP contribution in [0.15, 0.2) is 30.3 Å². The first-order chi connectivity index (χ1) is 12.3. The van der Waals surface area contributed by atoms with Crippen LogP contribution in [0.25, 0.3) is 0 Å². The van der Waals surface area contributed by atoms with Gasteiger partial charge in [-0.05, 0) is 43.5 Å². The molecule has 0 spiro atoms. The van der Waals surface area contributed by atoms with Crippen LogP contribution < -0.4 is 0 Å². The van der Waals surface area contributed by atoms with Crippen molar-refractivity contribution < 1.29 is 14.7 Å². The molecule has 0 radical (unpaired) electrons. The molecule has 0 atom stereocenters. The van der Waals surface area contributed by atoms with Crippen LogP contribution >= 0.6 is 0 Å². The third kappa shape index (κ3) is 5.44. The summed E-state index contributed by atoms with van der Waals surface area (Å²) in [7, 11) is 0.